The van der Waals surface area contributed by atoms with E-state index < -0.39 is 32.9 Å². The minimum atomic E-state index is -3.45. The number of aryl methyl sites for hydroxylation is 1. The van der Waals surface area contributed by atoms with Crippen molar-refractivity contribution in [2.45, 2.75) is 49.3 Å². The number of amides is 2. The van der Waals surface area contributed by atoms with Crippen LogP contribution in [0.4, 0.5) is 5.69 Å². The highest BCUT2D eigenvalue weighted by atomic mass is 32.2. The largest absolute Gasteiger partial charge is 0.384 e. The molecule has 1 unspecified atom stereocenters. The zero-order chi connectivity index (χ0) is 24.9. The van der Waals surface area contributed by atoms with Gasteiger partial charge in [-0.1, -0.05) is 12.1 Å². The van der Waals surface area contributed by atoms with Gasteiger partial charge in [-0.15, -0.1) is 0 Å². The molecule has 1 aliphatic rings. The topological polar surface area (TPSA) is 151 Å². The maximum absolute atomic E-state index is 13.0. The summed E-state index contributed by atoms with van der Waals surface area (Å²) in [5.74, 6) is -1.01. The first-order valence-corrected chi connectivity index (χ1v) is 12.6. The van der Waals surface area contributed by atoms with Gasteiger partial charge in [-0.2, -0.15) is 0 Å². The second-order valence-corrected chi connectivity index (χ2v) is 10.6. The molecule has 0 spiro atoms. The molecule has 0 aromatic heterocycles. The van der Waals surface area contributed by atoms with Crippen molar-refractivity contribution < 1.29 is 22.7 Å². The Bertz CT molecular complexity index is 1170. The lowest BCUT2D eigenvalue weighted by atomic mass is 10.1. The average Bonchev–Trinajstić information content (AvgIpc) is 2.79. The van der Waals surface area contributed by atoms with Gasteiger partial charge < -0.3 is 21.1 Å². The number of sulfone groups is 1. The molecule has 1 heterocycles. The number of carbonyl (C=O) groups excluding carboxylic acids is 2. The molecule has 0 saturated carbocycles. The molecule has 10 heteroatoms. The first kappa shape index (κ1) is 25.4. The molecule has 0 bridgehead atoms. The first-order valence-electron chi connectivity index (χ1n) is 11.0. The molecule has 0 radical (unpaired) electrons. The summed E-state index contributed by atoms with van der Waals surface area (Å²) in [7, 11) is -3.45. The zero-order valence-corrected chi connectivity index (χ0v) is 20.1. The summed E-state index contributed by atoms with van der Waals surface area (Å²) in [5, 5.41) is 12.3. The van der Waals surface area contributed by atoms with Gasteiger partial charge in [-0.05, 0) is 68.1 Å². The van der Waals surface area contributed by atoms with Crippen LogP contribution < -0.4 is 16.4 Å². The maximum atomic E-state index is 13.0. The van der Waals surface area contributed by atoms with E-state index in [0.29, 0.717) is 47.8 Å². The monoisotopic (exact) mass is 486 g/mol. The van der Waals surface area contributed by atoms with Gasteiger partial charge in [-0.25, -0.2) is 8.42 Å². The van der Waals surface area contributed by atoms with E-state index in [0.717, 1.165) is 5.56 Å². The normalized spacial score (nSPS) is 15.4. The lowest BCUT2D eigenvalue weighted by Crippen LogP contribution is -2.31. The Morgan fingerprint density at radius 3 is 2.35 bits per heavy atom. The van der Waals surface area contributed by atoms with Gasteiger partial charge in [0.05, 0.1) is 16.2 Å². The maximum Gasteiger partial charge on any atom is 0.233 e. The molecule has 34 heavy (non-hydrogen) atoms. The fourth-order valence-electron chi connectivity index (χ4n) is 3.89. The Labute approximate surface area is 199 Å². The molecule has 182 valence electrons. The van der Waals surface area contributed by atoms with Gasteiger partial charge in [0.15, 0.2) is 9.84 Å². The van der Waals surface area contributed by atoms with Crippen LogP contribution in [0, 0.1) is 12.3 Å². The van der Waals surface area contributed by atoms with E-state index in [1.165, 1.54) is 0 Å². The van der Waals surface area contributed by atoms with E-state index in [-0.39, 0.29) is 12.3 Å². The third kappa shape index (κ3) is 6.21. The molecular weight excluding hydrogens is 456 g/mol. The molecule has 2 aromatic carbocycles. The van der Waals surface area contributed by atoms with Gasteiger partial charge in [0, 0.05) is 24.5 Å². The van der Waals surface area contributed by atoms with Crippen LogP contribution >= 0.6 is 0 Å². The molecule has 1 atom stereocenters. The van der Waals surface area contributed by atoms with Crippen LogP contribution in [-0.2, 0) is 24.2 Å². The number of amidine groups is 1. The Morgan fingerprint density at radius 2 is 1.76 bits per heavy atom. The number of nitrogens with two attached hydrogens (primary N) is 1. The van der Waals surface area contributed by atoms with Crippen molar-refractivity contribution in [3.8, 4) is 0 Å². The summed E-state index contributed by atoms with van der Waals surface area (Å²) in [6.07, 6.45) is 0.603. The van der Waals surface area contributed by atoms with E-state index >= 15 is 0 Å². The second kappa shape index (κ2) is 10.8. The number of hydrogen-bond donors (Lipinski definition) is 4. The van der Waals surface area contributed by atoms with Crippen molar-refractivity contribution in [1.29, 1.82) is 5.41 Å². The number of nitrogens with one attached hydrogen (secondary N) is 3. The SMILES string of the molecule is Cc1cc(C(C)NC(=O)CC(=O)Nc2ccc(C(=N)N)cc2)ccc1S(=O)(=O)C1CCOCC1. The standard InChI is InChI=1S/C24H30N4O5S/c1-15-13-18(5-8-21(15)34(31,32)20-9-11-33-12-10-20)16(2)27-22(29)14-23(30)28-19-6-3-17(4-7-19)24(25)26/h3-8,13,16,20H,9-12,14H2,1-2H3,(H3,25,26)(H,27,29)(H,28,30). The highest BCUT2D eigenvalue weighted by molar-refractivity contribution is 7.92. The molecule has 2 amide bonds. The summed E-state index contributed by atoms with van der Waals surface area (Å²) in [4.78, 5) is 24.9. The summed E-state index contributed by atoms with van der Waals surface area (Å²) in [6, 6.07) is 11.1. The Hall–Kier alpha value is -3.24. The second-order valence-electron chi connectivity index (χ2n) is 8.39. The van der Waals surface area contributed by atoms with Crippen molar-refractivity contribution in [1.82, 2.24) is 5.32 Å². The molecular formula is C24H30N4O5S. The lowest BCUT2D eigenvalue weighted by Gasteiger charge is -2.23. The molecule has 0 aliphatic carbocycles. The molecule has 9 nitrogen and oxygen atoms in total. The number of nitrogen functional groups attached to an aromatic ring is 1. The summed E-state index contributed by atoms with van der Waals surface area (Å²) in [6.45, 7) is 4.41. The van der Waals surface area contributed by atoms with Gasteiger partial charge in [0.25, 0.3) is 0 Å². The Morgan fingerprint density at radius 1 is 1.12 bits per heavy atom. The van der Waals surface area contributed by atoms with Gasteiger partial charge in [-0.3, -0.25) is 15.0 Å². The molecule has 3 rings (SSSR count). The van der Waals surface area contributed by atoms with Crippen LogP contribution in [0.25, 0.3) is 0 Å². The average molecular weight is 487 g/mol. The fourth-order valence-corrected chi connectivity index (χ4v) is 5.82. The van der Waals surface area contributed by atoms with Crippen LogP contribution in [0.5, 0.6) is 0 Å². The van der Waals surface area contributed by atoms with Gasteiger partial charge >= 0.3 is 0 Å². The van der Waals surface area contributed by atoms with Crippen LogP contribution in [0.2, 0.25) is 0 Å². The minimum absolute atomic E-state index is 0.0734. The molecule has 1 saturated heterocycles. The third-order valence-electron chi connectivity index (χ3n) is 5.79. The Kier molecular flexibility index (Phi) is 8.06. The quantitative estimate of drug-likeness (QED) is 0.256. The molecule has 1 fully saturated rings. The van der Waals surface area contributed by atoms with Crippen molar-refractivity contribution >= 4 is 33.2 Å². The van der Waals surface area contributed by atoms with Crippen molar-refractivity contribution in [2.75, 3.05) is 18.5 Å². The lowest BCUT2D eigenvalue weighted by molar-refractivity contribution is -0.127. The van der Waals surface area contributed by atoms with Crippen LogP contribution in [0.1, 0.15) is 48.9 Å². The molecule has 5 N–H and O–H groups in total. The summed E-state index contributed by atoms with van der Waals surface area (Å²) < 4.78 is 31.3. The number of benzene rings is 2. The molecule has 1 aliphatic heterocycles. The van der Waals surface area contributed by atoms with Crippen molar-refractivity contribution in [3.63, 3.8) is 0 Å². The van der Waals surface area contributed by atoms with E-state index in [2.05, 4.69) is 10.6 Å². The van der Waals surface area contributed by atoms with E-state index in [9.17, 15) is 18.0 Å². The van der Waals surface area contributed by atoms with E-state index in [4.69, 9.17) is 15.9 Å². The van der Waals surface area contributed by atoms with Crippen LogP contribution in [0.15, 0.2) is 47.4 Å². The predicted octanol–water partition coefficient (Wildman–Crippen LogP) is 2.44. The summed E-state index contributed by atoms with van der Waals surface area (Å²) in [5.41, 5.74) is 7.80. The zero-order valence-electron chi connectivity index (χ0n) is 19.3. The third-order valence-corrected chi connectivity index (χ3v) is 8.21. The van der Waals surface area contributed by atoms with Crippen LogP contribution in [0.3, 0.4) is 0 Å². The first-order chi connectivity index (χ1) is 16.1. The number of ether oxygens (including phenoxy) is 1. The van der Waals surface area contributed by atoms with Gasteiger partial charge in [0.2, 0.25) is 11.8 Å². The summed E-state index contributed by atoms with van der Waals surface area (Å²) >= 11 is 0. The fraction of sp³-hybridized carbons (Fsp3) is 0.375. The molecule has 2 aromatic rings. The van der Waals surface area contributed by atoms with Crippen molar-refractivity contribution in [3.05, 3.63) is 59.2 Å². The minimum Gasteiger partial charge on any atom is -0.384 e. The highest BCUT2D eigenvalue weighted by Gasteiger charge is 2.30. The predicted molar refractivity (Wildman–Crippen MR) is 129 cm³/mol. The van der Waals surface area contributed by atoms with E-state index in [1.807, 2.05) is 0 Å². The number of anilines is 1. The number of carbonyl (C=O) groups is 2. The van der Waals surface area contributed by atoms with Crippen LogP contribution in [-0.4, -0.2) is 44.5 Å². The van der Waals surface area contributed by atoms with Gasteiger partial charge in [0.1, 0.15) is 12.3 Å². The van der Waals surface area contributed by atoms with Crippen molar-refractivity contribution in [2.24, 2.45) is 5.73 Å². The smallest absolute Gasteiger partial charge is 0.233 e. The number of rotatable bonds is 8. The number of hydrogen-bond acceptors (Lipinski definition) is 6. The Balaban J connectivity index is 1.58. The van der Waals surface area contributed by atoms with E-state index in [1.54, 1.807) is 56.3 Å². The highest BCUT2D eigenvalue weighted by Crippen LogP contribution is 2.28.